The molecule has 3 nitrogen and oxygen atoms in total. The lowest BCUT2D eigenvalue weighted by Gasteiger charge is -2.09. The molecule has 0 aliphatic heterocycles. The summed E-state index contributed by atoms with van der Waals surface area (Å²) in [5.74, 6) is -0.814. The van der Waals surface area contributed by atoms with Crippen LogP contribution in [-0.2, 0) is 0 Å². The standard InChI is InChI=1S/C14H10ClFO3/c1-8-6-9(14(17)18)2-5-13(8)19-10-3-4-11(15)12(16)7-10/h2-7H,1H3,(H,17,18). The zero-order valence-corrected chi connectivity index (χ0v) is 10.7. The summed E-state index contributed by atoms with van der Waals surface area (Å²) in [7, 11) is 0. The Bertz CT molecular complexity index is 641. The van der Waals surface area contributed by atoms with Crippen LogP contribution >= 0.6 is 11.6 Å². The number of aromatic carboxylic acids is 1. The van der Waals surface area contributed by atoms with Crippen LogP contribution in [0.3, 0.4) is 0 Å². The molecular formula is C14H10ClFO3. The molecule has 19 heavy (non-hydrogen) atoms. The van der Waals surface area contributed by atoms with Crippen molar-refractivity contribution in [2.45, 2.75) is 6.92 Å². The highest BCUT2D eigenvalue weighted by Crippen LogP contribution is 2.28. The predicted octanol–water partition coefficient (Wildman–Crippen LogP) is 4.28. The lowest BCUT2D eigenvalue weighted by Crippen LogP contribution is -1.97. The van der Waals surface area contributed by atoms with Crippen LogP contribution in [-0.4, -0.2) is 11.1 Å². The molecule has 0 atom stereocenters. The molecule has 0 radical (unpaired) electrons. The van der Waals surface area contributed by atoms with E-state index >= 15 is 0 Å². The third kappa shape index (κ3) is 3.03. The third-order valence-electron chi connectivity index (χ3n) is 2.54. The molecule has 2 rings (SSSR count). The Morgan fingerprint density at radius 2 is 2.00 bits per heavy atom. The molecule has 0 saturated heterocycles. The summed E-state index contributed by atoms with van der Waals surface area (Å²) in [6.45, 7) is 1.72. The smallest absolute Gasteiger partial charge is 0.335 e. The summed E-state index contributed by atoms with van der Waals surface area (Å²) >= 11 is 5.57. The van der Waals surface area contributed by atoms with Crippen molar-refractivity contribution in [1.29, 1.82) is 0 Å². The quantitative estimate of drug-likeness (QED) is 0.913. The Kier molecular flexibility index (Phi) is 3.71. The first-order chi connectivity index (χ1) is 8.97. The monoisotopic (exact) mass is 280 g/mol. The highest BCUT2D eigenvalue weighted by atomic mass is 35.5. The number of rotatable bonds is 3. The largest absolute Gasteiger partial charge is 0.478 e. The third-order valence-corrected chi connectivity index (χ3v) is 2.85. The topological polar surface area (TPSA) is 46.5 Å². The Hall–Kier alpha value is -2.07. The molecule has 2 aromatic rings. The number of carboxylic acids is 1. The molecule has 1 N–H and O–H groups in total. The predicted molar refractivity (Wildman–Crippen MR) is 69.6 cm³/mol. The van der Waals surface area contributed by atoms with Crippen LogP contribution in [0.1, 0.15) is 15.9 Å². The number of ether oxygens (including phenoxy) is 1. The molecule has 0 saturated carbocycles. The van der Waals surface area contributed by atoms with E-state index in [2.05, 4.69) is 0 Å². The average molecular weight is 281 g/mol. The summed E-state index contributed by atoms with van der Waals surface area (Å²) in [5, 5.41) is 8.87. The van der Waals surface area contributed by atoms with Gasteiger partial charge in [-0.2, -0.15) is 0 Å². The molecule has 0 aliphatic rings. The van der Waals surface area contributed by atoms with Gasteiger partial charge in [0.25, 0.3) is 0 Å². The van der Waals surface area contributed by atoms with E-state index in [9.17, 15) is 9.18 Å². The lowest BCUT2D eigenvalue weighted by atomic mass is 10.1. The Morgan fingerprint density at radius 1 is 1.26 bits per heavy atom. The van der Waals surface area contributed by atoms with Gasteiger partial charge in [0, 0.05) is 6.07 Å². The number of aryl methyl sites for hydroxylation is 1. The summed E-state index contributed by atoms with van der Waals surface area (Å²) in [6.07, 6.45) is 0. The van der Waals surface area contributed by atoms with Gasteiger partial charge in [-0.15, -0.1) is 0 Å². The molecule has 0 fully saturated rings. The van der Waals surface area contributed by atoms with Gasteiger partial charge in [-0.3, -0.25) is 0 Å². The summed E-state index contributed by atoms with van der Waals surface area (Å²) in [4.78, 5) is 10.8. The fraction of sp³-hybridized carbons (Fsp3) is 0.0714. The van der Waals surface area contributed by atoms with Crippen LogP contribution in [0.4, 0.5) is 4.39 Å². The molecular weight excluding hydrogens is 271 g/mol. The van der Waals surface area contributed by atoms with E-state index in [0.29, 0.717) is 17.1 Å². The maximum Gasteiger partial charge on any atom is 0.335 e. The fourth-order valence-corrected chi connectivity index (χ4v) is 1.68. The van der Waals surface area contributed by atoms with Gasteiger partial charge in [0.05, 0.1) is 10.6 Å². The highest BCUT2D eigenvalue weighted by Gasteiger charge is 2.08. The van der Waals surface area contributed by atoms with E-state index < -0.39 is 11.8 Å². The normalized spacial score (nSPS) is 10.3. The maximum atomic E-state index is 13.3. The summed E-state index contributed by atoms with van der Waals surface area (Å²) in [6, 6.07) is 8.56. The molecule has 0 aliphatic carbocycles. The highest BCUT2D eigenvalue weighted by molar-refractivity contribution is 6.30. The van der Waals surface area contributed by atoms with Crippen molar-refractivity contribution < 1.29 is 19.0 Å². The zero-order valence-electron chi connectivity index (χ0n) is 9.98. The van der Waals surface area contributed by atoms with E-state index in [1.165, 1.54) is 36.4 Å². The number of benzene rings is 2. The van der Waals surface area contributed by atoms with Gasteiger partial charge in [0.2, 0.25) is 0 Å². The first-order valence-electron chi connectivity index (χ1n) is 5.44. The van der Waals surface area contributed by atoms with E-state index in [-0.39, 0.29) is 10.6 Å². The van der Waals surface area contributed by atoms with Crippen LogP contribution in [0.15, 0.2) is 36.4 Å². The molecule has 5 heteroatoms. The minimum atomic E-state index is -1.01. The van der Waals surface area contributed by atoms with Gasteiger partial charge in [-0.05, 0) is 42.8 Å². The van der Waals surface area contributed by atoms with E-state index in [1.807, 2.05) is 0 Å². The second-order valence-electron chi connectivity index (χ2n) is 3.96. The fourth-order valence-electron chi connectivity index (χ4n) is 1.56. The van der Waals surface area contributed by atoms with Gasteiger partial charge < -0.3 is 9.84 Å². The number of carbonyl (C=O) groups is 1. The van der Waals surface area contributed by atoms with Crippen LogP contribution in [0, 0.1) is 12.7 Å². The van der Waals surface area contributed by atoms with E-state index in [4.69, 9.17) is 21.4 Å². The molecule has 0 bridgehead atoms. The first kappa shape index (κ1) is 13.4. The van der Waals surface area contributed by atoms with Crippen molar-refractivity contribution in [2.24, 2.45) is 0 Å². The number of halogens is 2. The SMILES string of the molecule is Cc1cc(C(=O)O)ccc1Oc1ccc(Cl)c(F)c1. The number of hydrogen-bond donors (Lipinski definition) is 1. The van der Waals surface area contributed by atoms with Crippen molar-refractivity contribution in [1.82, 2.24) is 0 Å². The summed E-state index contributed by atoms with van der Waals surface area (Å²) < 4.78 is 18.8. The van der Waals surface area contributed by atoms with Gasteiger partial charge in [0.15, 0.2) is 0 Å². The van der Waals surface area contributed by atoms with Crippen LogP contribution in [0.5, 0.6) is 11.5 Å². The second kappa shape index (κ2) is 5.28. The van der Waals surface area contributed by atoms with Crippen molar-refractivity contribution >= 4 is 17.6 Å². The Balaban J connectivity index is 2.28. The molecule has 0 unspecified atom stereocenters. The zero-order chi connectivity index (χ0) is 14.0. The molecule has 0 spiro atoms. The number of carboxylic acid groups (broad SMARTS) is 1. The maximum absolute atomic E-state index is 13.3. The lowest BCUT2D eigenvalue weighted by molar-refractivity contribution is 0.0697. The van der Waals surface area contributed by atoms with Gasteiger partial charge in [0.1, 0.15) is 17.3 Å². The van der Waals surface area contributed by atoms with Crippen LogP contribution in [0.25, 0.3) is 0 Å². The van der Waals surface area contributed by atoms with E-state index in [1.54, 1.807) is 6.92 Å². The molecule has 0 heterocycles. The second-order valence-corrected chi connectivity index (χ2v) is 4.37. The molecule has 2 aromatic carbocycles. The van der Waals surface area contributed by atoms with Crippen LogP contribution in [0.2, 0.25) is 5.02 Å². The Morgan fingerprint density at radius 3 is 2.58 bits per heavy atom. The molecule has 0 amide bonds. The minimum Gasteiger partial charge on any atom is -0.478 e. The number of hydrogen-bond acceptors (Lipinski definition) is 2. The van der Waals surface area contributed by atoms with Crippen molar-refractivity contribution in [3.05, 3.63) is 58.4 Å². The average Bonchev–Trinajstić information content (AvgIpc) is 2.36. The summed E-state index contributed by atoms with van der Waals surface area (Å²) in [5.41, 5.74) is 0.822. The van der Waals surface area contributed by atoms with Crippen molar-refractivity contribution in [3.63, 3.8) is 0 Å². The van der Waals surface area contributed by atoms with Crippen molar-refractivity contribution in [2.75, 3.05) is 0 Å². The molecule has 98 valence electrons. The van der Waals surface area contributed by atoms with Gasteiger partial charge in [-0.25, -0.2) is 9.18 Å². The van der Waals surface area contributed by atoms with Crippen molar-refractivity contribution in [3.8, 4) is 11.5 Å². The first-order valence-corrected chi connectivity index (χ1v) is 5.82. The minimum absolute atomic E-state index is 0.0188. The Labute approximate surface area is 114 Å². The van der Waals surface area contributed by atoms with Gasteiger partial charge >= 0.3 is 5.97 Å². The molecule has 0 aromatic heterocycles. The van der Waals surface area contributed by atoms with Gasteiger partial charge in [-0.1, -0.05) is 11.6 Å². The van der Waals surface area contributed by atoms with Crippen LogP contribution < -0.4 is 4.74 Å². The van der Waals surface area contributed by atoms with E-state index in [0.717, 1.165) is 0 Å².